The van der Waals surface area contributed by atoms with E-state index in [0.717, 1.165) is 42.9 Å². The van der Waals surface area contributed by atoms with Crippen molar-refractivity contribution in [1.29, 1.82) is 0 Å². The summed E-state index contributed by atoms with van der Waals surface area (Å²) in [5.74, 6) is -0.0518. The van der Waals surface area contributed by atoms with Crippen LogP contribution < -0.4 is 5.32 Å². The number of carbonyl (C=O) groups is 1. The highest BCUT2D eigenvalue weighted by atomic mass is 32.2. The zero-order valence-electron chi connectivity index (χ0n) is 17.0. The van der Waals surface area contributed by atoms with Crippen molar-refractivity contribution in [3.63, 3.8) is 0 Å². The summed E-state index contributed by atoms with van der Waals surface area (Å²) in [6, 6.07) is 9.02. The maximum Gasteiger partial charge on any atom is 0.251 e. The molecular weight excluding hydrogens is 388 g/mol. The standard InChI is InChI=1S/C21H28N4O3S/c1-15-11-16(2)25(23-15)12-17-5-7-18(8-6-17)21(26)22-19-13-29(27,28)14-20(19)24-9-3-4-10-24/h5-8,11,19-20H,3-4,9-10,12-14H2,1-2H3,(H,22,26). The fraction of sp³-hybridized carbons (Fsp3) is 0.524. The molecule has 2 aromatic rings. The Labute approximate surface area is 172 Å². The minimum Gasteiger partial charge on any atom is -0.347 e. The first-order valence-electron chi connectivity index (χ1n) is 10.2. The molecule has 1 N–H and O–H groups in total. The second-order valence-corrected chi connectivity index (χ2v) is 10.4. The molecule has 156 valence electrons. The van der Waals surface area contributed by atoms with Gasteiger partial charge < -0.3 is 5.32 Å². The van der Waals surface area contributed by atoms with Crippen molar-refractivity contribution in [3.8, 4) is 0 Å². The molecule has 2 saturated heterocycles. The van der Waals surface area contributed by atoms with Gasteiger partial charge in [0.05, 0.1) is 29.8 Å². The number of likely N-dealkylation sites (tertiary alicyclic amines) is 1. The predicted molar refractivity (Wildman–Crippen MR) is 112 cm³/mol. The van der Waals surface area contributed by atoms with Crippen molar-refractivity contribution >= 4 is 15.7 Å². The fourth-order valence-electron chi connectivity index (χ4n) is 4.42. The number of amides is 1. The summed E-state index contributed by atoms with van der Waals surface area (Å²) < 4.78 is 26.3. The number of hydrogen-bond donors (Lipinski definition) is 1. The van der Waals surface area contributed by atoms with Gasteiger partial charge in [-0.15, -0.1) is 0 Å². The summed E-state index contributed by atoms with van der Waals surface area (Å²) in [4.78, 5) is 15.0. The largest absolute Gasteiger partial charge is 0.347 e. The molecule has 0 aliphatic carbocycles. The normalized spacial score (nSPS) is 24.1. The Kier molecular flexibility index (Phi) is 5.48. The summed E-state index contributed by atoms with van der Waals surface area (Å²) in [5, 5.41) is 7.45. The molecule has 1 aromatic heterocycles. The molecule has 2 aliphatic heterocycles. The molecular formula is C21H28N4O3S. The molecule has 29 heavy (non-hydrogen) atoms. The van der Waals surface area contributed by atoms with Crippen LogP contribution >= 0.6 is 0 Å². The zero-order chi connectivity index (χ0) is 20.6. The van der Waals surface area contributed by atoms with Crippen molar-refractivity contribution in [2.45, 2.75) is 45.3 Å². The van der Waals surface area contributed by atoms with E-state index in [4.69, 9.17) is 0 Å². The number of sulfone groups is 1. The molecule has 1 aromatic carbocycles. The summed E-state index contributed by atoms with van der Waals surface area (Å²) in [5.41, 5.74) is 3.69. The monoisotopic (exact) mass is 416 g/mol. The molecule has 2 unspecified atom stereocenters. The summed E-state index contributed by atoms with van der Waals surface area (Å²) >= 11 is 0. The molecule has 2 fully saturated rings. The lowest BCUT2D eigenvalue weighted by Crippen LogP contribution is -2.50. The molecule has 0 spiro atoms. The lowest BCUT2D eigenvalue weighted by atomic mass is 10.1. The van der Waals surface area contributed by atoms with Crippen molar-refractivity contribution in [2.75, 3.05) is 24.6 Å². The highest BCUT2D eigenvalue weighted by molar-refractivity contribution is 7.91. The maximum atomic E-state index is 12.8. The Morgan fingerprint density at radius 3 is 2.45 bits per heavy atom. The Morgan fingerprint density at radius 1 is 1.14 bits per heavy atom. The fourth-order valence-corrected chi connectivity index (χ4v) is 6.37. The number of benzene rings is 1. The Hall–Kier alpha value is -2.19. The molecule has 0 radical (unpaired) electrons. The molecule has 0 bridgehead atoms. The molecule has 2 atom stereocenters. The summed E-state index contributed by atoms with van der Waals surface area (Å²) in [7, 11) is -3.12. The van der Waals surface area contributed by atoms with Gasteiger partial charge in [-0.25, -0.2) is 8.42 Å². The lowest BCUT2D eigenvalue weighted by Gasteiger charge is -2.28. The topological polar surface area (TPSA) is 84.3 Å². The van der Waals surface area contributed by atoms with E-state index >= 15 is 0 Å². The minimum atomic E-state index is -3.12. The Balaban J connectivity index is 1.43. The van der Waals surface area contributed by atoms with E-state index in [0.29, 0.717) is 12.1 Å². The zero-order valence-corrected chi connectivity index (χ0v) is 17.8. The van der Waals surface area contributed by atoms with Gasteiger partial charge in [0.15, 0.2) is 9.84 Å². The Bertz CT molecular complexity index is 991. The summed E-state index contributed by atoms with van der Waals surface area (Å²) in [6.45, 7) is 6.46. The van der Waals surface area contributed by atoms with Gasteiger partial charge >= 0.3 is 0 Å². The molecule has 8 heteroatoms. The molecule has 2 aliphatic rings. The first kappa shape index (κ1) is 20.1. The van der Waals surface area contributed by atoms with Crippen LogP contribution in [0, 0.1) is 13.8 Å². The van der Waals surface area contributed by atoms with Crippen LogP contribution in [0.5, 0.6) is 0 Å². The quantitative estimate of drug-likeness (QED) is 0.799. The van der Waals surface area contributed by atoms with Crippen molar-refractivity contribution in [2.24, 2.45) is 0 Å². The maximum absolute atomic E-state index is 12.8. The van der Waals surface area contributed by atoms with E-state index < -0.39 is 9.84 Å². The van der Waals surface area contributed by atoms with Crippen LogP contribution in [-0.4, -0.2) is 65.7 Å². The number of aryl methyl sites for hydroxylation is 2. The highest BCUT2D eigenvalue weighted by Gasteiger charge is 2.42. The second kappa shape index (κ2) is 7.91. The van der Waals surface area contributed by atoms with Gasteiger partial charge in [-0.05, 0) is 63.5 Å². The SMILES string of the molecule is Cc1cc(C)n(Cc2ccc(C(=O)NC3CS(=O)(=O)CC3N3CCCC3)cc2)n1. The van der Waals surface area contributed by atoms with Crippen molar-refractivity contribution in [1.82, 2.24) is 20.0 Å². The van der Waals surface area contributed by atoms with Gasteiger partial charge in [0.2, 0.25) is 0 Å². The summed E-state index contributed by atoms with van der Waals surface area (Å²) in [6.07, 6.45) is 2.18. The van der Waals surface area contributed by atoms with Gasteiger partial charge in [-0.2, -0.15) is 5.10 Å². The van der Waals surface area contributed by atoms with Crippen molar-refractivity contribution < 1.29 is 13.2 Å². The number of aromatic nitrogens is 2. The van der Waals surface area contributed by atoms with E-state index in [1.165, 1.54) is 0 Å². The van der Waals surface area contributed by atoms with E-state index in [1.807, 2.05) is 36.7 Å². The smallest absolute Gasteiger partial charge is 0.251 e. The number of rotatable bonds is 5. The molecule has 4 rings (SSSR count). The molecule has 0 saturated carbocycles. The lowest BCUT2D eigenvalue weighted by molar-refractivity contribution is 0.0918. The highest BCUT2D eigenvalue weighted by Crippen LogP contribution is 2.23. The van der Waals surface area contributed by atoms with E-state index in [9.17, 15) is 13.2 Å². The van der Waals surface area contributed by atoms with Crippen LogP contribution in [0.15, 0.2) is 30.3 Å². The average Bonchev–Trinajstić information content (AvgIpc) is 3.36. The van der Waals surface area contributed by atoms with Crippen LogP contribution in [0.25, 0.3) is 0 Å². The van der Waals surface area contributed by atoms with Crippen LogP contribution in [-0.2, 0) is 16.4 Å². The predicted octanol–water partition coefficient (Wildman–Crippen LogP) is 1.54. The first-order chi connectivity index (χ1) is 13.8. The Morgan fingerprint density at radius 2 is 1.83 bits per heavy atom. The number of hydrogen-bond acceptors (Lipinski definition) is 5. The third-order valence-electron chi connectivity index (χ3n) is 5.90. The van der Waals surface area contributed by atoms with E-state index in [2.05, 4.69) is 15.3 Å². The number of nitrogens with one attached hydrogen (secondary N) is 1. The molecule has 7 nitrogen and oxygen atoms in total. The third kappa shape index (κ3) is 4.53. The van der Waals surface area contributed by atoms with Crippen LogP contribution in [0.3, 0.4) is 0 Å². The minimum absolute atomic E-state index is 0.0237. The number of nitrogens with zero attached hydrogens (tertiary/aromatic N) is 3. The van der Waals surface area contributed by atoms with Crippen LogP contribution in [0.2, 0.25) is 0 Å². The number of carbonyl (C=O) groups excluding carboxylic acids is 1. The van der Waals surface area contributed by atoms with Crippen molar-refractivity contribution in [3.05, 3.63) is 52.8 Å². The van der Waals surface area contributed by atoms with Crippen LogP contribution in [0.4, 0.5) is 0 Å². The molecule has 1 amide bonds. The van der Waals surface area contributed by atoms with Crippen LogP contribution in [0.1, 0.15) is 40.2 Å². The van der Waals surface area contributed by atoms with Gasteiger partial charge in [0.1, 0.15) is 0 Å². The van der Waals surface area contributed by atoms with Gasteiger partial charge in [0, 0.05) is 17.3 Å². The second-order valence-electron chi connectivity index (χ2n) is 8.25. The van der Waals surface area contributed by atoms with Gasteiger partial charge in [0.25, 0.3) is 5.91 Å². The van der Waals surface area contributed by atoms with Gasteiger partial charge in [-0.3, -0.25) is 14.4 Å². The van der Waals surface area contributed by atoms with Gasteiger partial charge in [-0.1, -0.05) is 12.1 Å². The van der Waals surface area contributed by atoms with E-state index in [-0.39, 0.29) is 29.5 Å². The van der Waals surface area contributed by atoms with E-state index in [1.54, 1.807) is 12.1 Å². The molecule has 3 heterocycles. The average molecular weight is 417 g/mol. The third-order valence-corrected chi connectivity index (χ3v) is 7.62. The first-order valence-corrected chi connectivity index (χ1v) is 12.0.